The fraction of sp³-hybridized carbons (Fsp3) is 0.0833. The molecule has 5 heteroatoms. The largest absolute Gasteiger partial charge is 0.458 e. The Hall–Kier alpha value is -6.72. The van der Waals surface area contributed by atoms with Gasteiger partial charge in [-0.05, 0) is 88.7 Å². The van der Waals surface area contributed by atoms with Crippen molar-refractivity contribution in [2.75, 3.05) is 0 Å². The van der Waals surface area contributed by atoms with Crippen LogP contribution in [0.1, 0.15) is 19.4 Å². The summed E-state index contributed by atoms with van der Waals surface area (Å²) >= 11 is 0. The van der Waals surface area contributed by atoms with Crippen molar-refractivity contribution in [1.82, 2.24) is 14.1 Å². The lowest BCUT2D eigenvalue weighted by Gasteiger charge is -2.16. The van der Waals surface area contributed by atoms with Crippen molar-refractivity contribution in [3.63, 3.8) is 0 Å². The third kappa shape index (κ3) is 6.27. The molecule has 0 saturated carbocycles. The minimum Gasteiger partial charge on any atom is -0.458 e. The Morgan fingerprint density at radius 1 is 0.642 bits per heavy atom. The van der Waals surface area contributed by atoms with E-state index in [1.165, 1.54) is 10.9 Å². The molecular weight excluding hydrogens is 649 g/mol. The SMILES string of the molecule is CC(C)Cc1ccnc(-n2c3ccccc3c3ccc(Oc4cccc(-n5[c-][n+](-c6c(-c7ccccc7)cccc6-c6ccccc6)cc5)c4)cc32)c1. The fourth-order valence-corrected chi connectivity index (χ4v) is 7.36. The van der Waals surface area contributed by atoms with E-state index in [1.807, 2.05) is 29.1 Å². The van der Waals surface area contributed by atoms with Crippen molar-refractivity contribution in [2.45, 2.75) is 20.3 Å². The van der Waals surface area contributed by atoms with Gasteiger partial charge in [-0.3, -0.25) is 13.7 Å². The number of aromatic nitrogens is 4. The van der Waals surface area contributed by atoms with E-state index in [1.54, 1.807) is 0 Å². The maximum Gasteiger partial charge on any atom is 0.268 e. The number of benzene rings is 6. The van der Waals surface area contributed by atoms with Gasteiger partial charge in [-0.2, -0.15) is 0 Å². The lowest BCUT2D eigenvalue weighted by molar-refractivity contribution is -0.598. The van der Waals surface area contributed by atoms with Crippen molar-refractivity contribution in [1.29, 1.82) is 0 Å². The van der Waals surface area contributed by atoms with E-state index in [9.17, 15) is 0 Å². The van der Waals surface area contributed by atoms with Crippen LogP contribution in [0.3, 0.4) is 0 Å². The fourth-order valence-electron chi connectivity index (χ4n) is 7.36. The Labute approximate surface area is 309 Å². The molecule has 53 heavy (non-hydrogen) atoms. The Balaban J connectivity index is 1.08. The molecule has 3 aromatic heterocycles. The summed E-state index contributed by atoms with van der Waals surface area (Å²) in [6.45, 7) is 4.50. The summed E-state index contributed by atoms with van der Waals surface area (Å²) in [5.41, 5.74) is 10.1. The van der Waals surface area contributed by atoms with E-state index in [0.717, 1.165) is 73.8 Å². The van der Waals surface area contributed by atoms with Gasteiger partial charge < -0.3 is 4.74 Å². The number of nitrogens with zero attached hydrogens (tertiary/aromatic N) is 4. The molecule has 9 aromatic rings. The maximum absolute atomic E-state index is 6.59. The van der Waals surface area contributed by atoms with Crippen molar-refractivity contribution >= 4 is 21.8 Å². The minimum atomic E-state index is 0.561. The smallest absolute Gasteiger partial charge is 0.268 e. The summed E-state index contributed by atoms with van der Waals surface area (Å²) in [6.07, 6.45) is 10.6. The summed E-state index contributed by atoms with van der Waals surface area (Å²) in [6, 6.07) is 54.9. The minimum absolute atomic E-state index is 0.561. The first kappa shape index (κ1) is 32.2. The molecule has 5 nitrogen and oxygen atoms in total. The molecule has 0 radical (unpaired) electrons. The molecule has 9 rings (SSSR count). The zero-order valence-corrected chi connectivity index (χ0v) is 29.7. The van der Waals surface area contributed by atoms with Gasteiger partial charge >= 0.3 is 0 Å². The lowest BCUT2D eigenvalue weighted by atomic mass is 9.96. The van der Waals surface area contributed by atoms with Crippen molar-refractivity contribution in [2.24, 2.45) is 5.92 Å². The highest BCUT2D eigenvalue weighted by Crippen LogP contribution is 2.36. The molecule has 256 valence electrons. The molecule has 0 aliphatic carbocycles. The summed E-state index contributed by atoms with van der Waals surface area (Å²) in [5.74, 6) is 2.97. The van der Waals surface area contributed by atoms with Crippen LogP contribution in [0.25, 0.3) is 61.3 Å². The molecule has 0 amide bonds. The average molecular weight is 687 g/mol. The summed E-state index contributed by atoms with van der Waals surface area (Å²) in [5, 5.41) is 2.35. The summed E-state index contributed by atoms with van der Waals surface area (Å²) < 4.78 is 12.9. The van der Waals surface area contributed by atoms with Crippen LogP contribution in [0.4, 0.5) is 0 Å². The van der Waals surface area contributed by atoms with Gasteiger partial charge in [0, 0.05) is 35.4 Å². The van der Waals surface area contributed by atoms with Gasteiger partial charge in [0.25, 0.3) is 6.33 Å². The van der Waals surface area contributed by atoms with Gasteiger partial charge in [-0.25, -0.2) is 4.98 Å². The number of hydrogen-bond donors (Lipinski definition) is 0. The highest BCUT2D eigenvalue weighted by molar-refractivity contribution is 6.09. The maximum atomic E-state index is 6.59. The van der Waals surface area contributed by atoms with Gasteiger partial charge in [-0.1, -0.05) is 117 Å². The van der Waals surface area contributed by atoms with Gasteiger partial charge in [0.05, 0.1) is 22.4 Å². The van der Waals surface area contributed by atoms with E-state index in [2.05, 4.69) is 181 Å². The lowest BCUT2D eigenvalue weighted by Crippen LogP contribution is -2.30. The van der Waals surface area contributed by atoms with Crippen LogP contribution in [0, 0.1) is 12.2 Å². The molecule has 0 N–H and O–H groups in total. The van der Waals surface area contributed by atoms with E-state index >= 15 is 0 Å². The normalized spacial score (nSPS) is 11.5. The van der Waals surface area contributed by atoms with Crippen molar-refractivity contribution in [3.8, 4) is 50.9 Å². The topological polar surface area (TPSA) is 35.9 Å². The molecule has 0 unspecified atom stereocenters. The number of para-hydroxylation sites is 2. The van der Waals surface area contributed by atoms with E-state index in [4.69, 9.17) is 9.72 Å². The highest BCUT2D eigenvalue weighted by atomic mass is 16.5. The number of imidazole rings is 1. The molecule has 0 spiro atoms. The standard InChI is InChI=1S/C48H38N4O/c1-34(2)29-35-25-26-49-47(30-35)52-45-22-10-9-19-43(45)44-24-23-40(32-46(44)52)53-39-18-11-17-38(31-39)50-27-28-51(33-50)48-41(36-13-5-3-6-14-36)20-12-21-42(48)37-15-7-4-8-16-37/h3-28,30-32,34H,29H2,1-2H3. The quantitative estimate of drug-likeness (QED) is 0.112. The van der Waals surface area contributed by atoms with Crippen LogP contribution in [-0.4, -0.2) is 14.1 Å². The monoisotopic (exact) mass is 686 g/mol. The van der Waals surface area contributed by atoms with Crippen LogP contribution in [0.15, 0.2) is 176 Å². The Bertz CT molecular complexity index is 2650. The molecule has 0 aliphatic heterocycles. The van der Waals surface area contributed by atoms with Crippen molar-refractivity contribution in [3.05, 3.63) is 188 Å². The first-order valence-corrected chi connectivity index (χ1v) is 18.1. The Morgan fingerprint density at radius 2 is 1.32 bits per heavy atom. The predicted molar refractivity (Wildman–Crippen MR) is 214 cm³/mol. The summed E-state index contributed by atoms with van der Waals surface area (Å²) in [7, 11) is 0. The molecular formula is C48H38N4O. The highest BCUT2D eigenvalue weighted by Gasteiger charge is 2.17. The molecule has 3 heterocycles. The molecule has 0 atom stereocenters. The third-order valence-corrected chi connectivity index (χ3v) is 9.69. The summed E-state index contributed by atoms with van der Waals surface area (Å²) in [4.78, 5) is 4.83. The first-order chi connectivity index (χ1) is 26.1. The first-order valence-electron chi connectivity index (χ1n) is 18.1. The molecule has 6 aromatic carbocycles. The zero-order valence-electron chi connectivity index (χ0n) is 29.7. The van der Waals surface area contributed by atoms with E-state index < -0.39 is 0 Å². The van der Waals surface area contributed by atoms with Gasteiger partial charge in [-0.15, -0.1) is 0 Å². The molecule has 0 aliphatic rings. The predicted octanol–water partition coefficient (Wildman–Crippen LogP) is 11.4. The Morgan fingerprint density at radius 3 is 2.08 bits per heavy atom. The number of ether oxygens (including phenoxy) is 1. The second-order valence-electron chi connectivity index (χ2n) is 13.8. The van der Waals surface area contributed by atoms with Gasteiger partial charge in [0.2, 0.25) is 0 Å². The molecule has 0 saturated heterocycles. The van der Waals surface area contributed by atoms with E-state index in [-0.39, 0.29) is 0 Å². The van der Waals surface area contributed by atoms with E-state index in [0.29, 0.717) is 5.92 Å². The third-order valence-electron chi connectivity index (χ3n) is 9.69. The van der Waals surface area contributed by atoms with Crippen LogP contribution in [-0.2, 0) is 6.42 Å². The zero-order chi connectivity index (χ0) is 35.7. The van der Waals surface area contributed by atoms with Crippen LogP contribution in [0.5, 0.6) is 11.5 Å². The second-order valence-corrected chi connectivity index (χ2v) is 13.8. The van der Waals surface area contributed by atoms with Crippen LogP contribution in [0.2, 0.25) is 0 Å². The van der Waals surface area contributed by atoms with Crippen molar-refractivity contribution < 1.29 is 9.30 Å². The second kappa shape index (κ2) is 13.8. The number of fused-ring (bicyclic) bond motifs is 3. The molecule has 0 fully saturated rings. The average Bonchev–Trinajstić information content (AvgIpc) is 3.82. The van der Waals surface area contributed by atoms with Gasteiger partial charge in [0.15, 0.2) is 0 Å². The van der Waals surface area contributed by atoms with Gasteiger partial charge in [0.1, 0.15) is 17.3 Å². The Kier molecular flexibility index (Phi) is 8.37. The molecule has 0 bridgehead atoms. The number of hydrogen-bond acceptors (Lipinski definition) is 2. The van der Waals surface area contributed by atoms with Crippen LogP contribution < -0.4 is 9.30 Å². The number of pyridine rings is 1. The number of rotatable bonds is 9. The van der Waals surface area contributed by atoms with Crippen LogP contribution >= 0.6 is 0 Å².